The van der Waals surface area contributed by atoms with Gasteiger partial charge in [-0.2, -0.15) is 0 Å². The van der Waals surface area contributed by atoms with Crippen LogP contribution in [0.1, 0.15) is 69.4 Å². The Morgan fingerprint density at radius 1 is 0.588 bits per heavy atom. The summed E-state index contributed by atoms with van der Waals surface area (Å²) in [5.74, 6) is 2.85. The first-order valence-corrected chi connectivity index (χ1v) is 12.6. The summed E-state index contributed by atoms with van der Waals surface area (Å²) in [6, 6.07) is 22.3. The SMILES string of the molecule is CC(C)Cc1ccccc1.Cc1ccc(O)c(CC(C)C)c1.Cc1cccc(CC(C)C)c1O. The monoisotopic (exact) mass is 462 g/mol. The standard InChI is InChI=1S/2C11H16O.C10H14/c1-8(2)6-10-7-9(3)4-5-11(10)12;1-8(2)7-10-6-4-5-9(3)11(10)12;1-9(2)8-10-6-4-3-5-7-10/h4-5,7-8,12H,6H2,1-3H3;4-6,8,12H,7H2,1-3H3;3-7,9H,8H2,1-2H3. The lowest BCUT2D eigenvalue weighted by Crippen LogP contribution is -1.94. The third-order valence-electron chi connectivity index (χ3n) is 5.30. The predicted octanol–water partition coefficient (Wildman–Crippen LogP) is 8.68. The fourth-order valence-electron chi connectivity index (χ4n) is 3.73. The zero-order valence-corrected chi connectivity index (χ0v) is 22.6. The molecule has 0 bridgehead atoms. The van der Waals surface area contributed by atoms with E-state index < -0.39 is 0 Å². The van der Waals surface area contributed by atoms with Crippen LogP contribution in [0.15, 0.2) is 66.7 Å². The highest BCUT2D eigenvalue weighted by Gasteiger charge is 2.05. The number of phenolic OH excluding ortho intramolecular Hbond substituents is 2. The topological polar surface area (TPSA) is 40.5 Å². The van der Waals surface area contributed by atoms with Crippen molar-refractivity contribution in [2.75, 3.05) is 0 Å². The lowest BCUT2D eigenvalue weighted by molar-refractivity contribution is 0.458. The van der Waals surface area contributed by atoms with Crippen molar-refractivity contribution >= 4 is 0 Å². The van der Waals surface area contributed by atoms with Gasteiger partial charge in [0, 0.05) is 0 Å². The van der Waals surface area contributed by atoms with Gasteiger partial charge in [-0.15, -0.1) is 0 Å². The van der Waals surface area contributed by atoms with Gasteiger partial charge < -0.3 is 10.2 Å². The van der Waals surface area contributed by atoms with Crippen molar-refractivity contribution in [3.05, 3.63) is 94.5 Å². The summed E-state index contributed by atoms with van der Waals surface area (Å²) in [6.45, 7) is 17.1. The van der Waals surface area contributed by atoms with Crippen LogP contribution in [0.5, 0.6) is 11.5 Å². The molecule has 2 nitrogen and oxygen atoms in total. The normalized spacial score (nSPS) is 10.6. The number of hydrogen-bond acceptors (Lipinski definition) is 2. The summed E-state index contributed by atoms with van der Waals surface area (Å²) < 4.78 is 0. The zero-order valence-electron chi connectivity index (χ0n) is 22.6. The van der Waals surface area contributed by atoms with Crippen molar-refractivity contribution in [1.29, 1.82) is 0 Å². The molecule has 0 amide bonds. The first-order valence-electron chi connectivity index (χ1n) is 12.6. The van der Waals surface area contributed by atoms with Crippen LogP contribution in [-0.2, 0) is 19.3 Å². The molecule has 2 N–H and O–H groups in total. The molecule has 34 heavy (non-hydrogen) atoms. The van der Waals surface area contributed by atoms with Crippen molar-refractivity contribution in [1.82, 2.24) is 0 Å². The van der Waals surface area contributed by atoms with Gasteiger partial charge in [-0.1, -0.05) is 108 Å². The van der Waals surface area contributed by atoms with Crippen molar-refractivity contribution in [2.24, 2.45) is 17.8 Å². The van der Waals surface area contributed by atoms with Crippen LogP contribution >= 0.6 is 0 Å². The Bertz CT molecular complexity index is 948. The molecular formula is C32H46O2. The Morgan fingerprint density at radius 3 is 1.71 bits per heavy atom. The van der Waals surface area contributed by atoms with E-state index in [4.69, 9.17) is 0 Å². The maximum absolute atomic E-state index is 9.65. The van der Waals surface area contributed by atoms with Crippen molar-refractivity contribution in [3.8, 4) is 11.5 Å². The summed E-state index contributed by atoms with van der Waals surface area (Å²) in [6.07, 6.45) is 3.10. The van der Waals surface area contributed by atoms with Crippen LogP contribution in [0.4, 0.5) is 0 Å². The highest BCUT2D eigenvalue weighted by atomic mass is 16.3. The van der Waals surface area contributed by atoms with Crippen LogP contribution in [0, 0.1) is 31.6 Å². The third-order valence-corrected chi connectivity index (χ3v) is 5.30. The van der Waals surface area contributed by atoms with Gasteiger partial charge in [-0.3, -0.25) is 0 Å². The Kier molecular flexibility index (Phi) is 13.1. The van der Waals surface area contributed by atoms with Crippen LogP contribution < -0.4 is 0 Å². The zero-order chi connectivity index (χ0) is 25.7. The molecule has 0 aromatic heterocycles. The molecule has 3 aromatic rings. The van der Waals surface area contributed by atoms with Gasteiger partial charge in [0.25, 0.3) is 0 Å². The lowest BCUT2D eigenvalue weighted by atomic mass is 10.0. The fourth-order valence-corrected chi connectivity index (χ4v) is 3.73. The van der Waals surface area contributed by atoms with E-state index in [2.05, 4.69) is 77.9 Å². The molecule has 0 saturated carbocycles. The molecule has 0 saturated heterocycles. The van der Waals surface area contributed by atoms with Crippen molar-refractivity contribution < 1.29 is 10.2 Å². The molecule has 3 aromatic carbocycles. The number of phenols is 2. The molecule has 186 valence electrons. The number of para-hydroxylation sites is 1. The number of benzene rings is 3. The second kappa shape index (κ2) is 15.2. The van der Waals surface area contributed by atoms with Crippen LogP contribution in [0.25, 0.3) is 0 Å². The van der Waals surface area contributed by atoms with Gasteiger partial charge in [0.2, 0.25) is 0 Å². The average Bonchev–Trinajstić information content (AvgIpc) is 2.75. The maximum Gasteiger partial charge on any atom is 0.121 e. The summed E-state index contributed by atoms with van der Waals surface area (Å²) >= 11 is 0. The minimum atomic E-state index is 0.425. The van der Waals surface area contributed by atoms with E-state index in [0.717, 1.165) is 35.4 Å². The molecule has 2 heteroatoms. The Hall–Kier alpha value is -2.74. The minimum absolute atomic E-state index is 0.425. The Balaban J connectivity index is 0.000000256. The Morgan fingerprint density at radius 2 is 1.15 bits per heavy atom. The smallest absolute Gasteiger partial charge is 0.121 e. The second-order valence-corrected chi connectivity index (χ2v) is 10.5. The quantitative estimate of drug-likeness (QED) is 0.384. The summed E-state index contributed by atoms with van der Waals surface area (Å²) in [4.78, 5) is 0. The number of aryl methyl sites for hydroxylation is 2. The average molecular weight is 463 g/mol. The molecule has 0 radical (unpaired) electrons. The largest absolute Gasteiger partial charge is 0.508 e. The van der Waals surface area contributed by atoms with E-state index in [1.54, 1.807) is 6.07 Å². The maximum atomic E-state index is 9.65. The van der Waals surface area contributed by atoms with E-state index in [1.165, 1.54) is 17.5 Å². The molecular weight excluding hydrogens is 416 g/mol. The van der Waals surface area contributed by atoms with E-state index in [1.807, 2.05) is 38.1 Å². The highest BCUT2D eigenvalue weighted by Crippen LogP contribution is 2.24. The third kappa shape index (κ3) is 11.9. The molecule has 0 aliphatic heterocycles. The predicted molar refractivity (Wildman–Crippen MR) is 148 cm³/mol. The van der Waals surface area contributed by atoms with Crippen molar-refractivity contribution in [3.63, 3.8) is 0 Å². The van der Waals surface area contributed by atoms with Gasteiger partial charge in [0.15, 0.2) is 0 Å². The van der Waals surface area contributed by atoms with Crippen molar-refractivity contribution in [2.45, 2.75) is 74.7 Å². The first kappa shape index (κ1) is 29.3. The highest BCUT2D eigenvalue weighted by molar-refractivity contribution is 5.39. The van der Waals surface area contributed by atoms with E-state index in [-0.39, 0.29) is 0 Å². The molecule has 0 aliphatic carbocycles. The molecule has 0 spiro atoms. The van der Waals surface area contributed by atoms with Crippen LogP contribution in [-0.4, -0.2) is 10.2 Å². The number of rotatable bonds is 6. The first-order chi connectivity index (χ1) is 16.0. The number of aromatic hydroxyl groups is 2. The second-order valence-electron chi connectivity index (χ2n) is 10.5. The molecule has 0 atom stereocenters. The van der Waals surface area contributed by atoms with Crippen LogP contribution in [0.3, 0.4) is 0 Å². The van der Waals surface area contributed by atoms with E-state index in [9.17, 15) is 10.2 Å². The molecule has 0 heterocycles. The lowest BCUT2D eigenvalue weighted by Gasteiger charge is -2.08. The Labute approximate surface area is 208 Å². The van der Waals surface area contributed by atoms with E-state index >= 15 is 0 Å². The molecule has 0 unspecified atom stereocenters. The molecule has 3 rings (SSSR count). The van der Waals surface area contributed by atoms with Gasteiger partial charge in [-0.05, 0) is 79.2 Å². The van der Waals surface area contributed by atoms with Crippen LogP contribution in [0.2, 0.25) is 0 Å². The summed E-state index contributed by atoms with van der Waals surface area (Å²) in [5.41, 5.74) is 5.74. The van der Waals surface area contributed by atoms with Gasteiger partial charge in [0.1, 0.15) is 11.5 Å². The van der Waals surface area contributed by atoms with Gasteiger partial charge in [0.05, 0.1) is 0 Å². The summed E-state index contributed by atoms with van der Waals surface area (Å²) in [7, 11) is 0. The van der Waals surface area contributed by atoms with Gasteiger partial charge in [-0.25, -0.2) is 0 Å². The number of hydrogen-bond donors (Lipinski definition) is 2. The summed E-state index contributed by atoms with van der Waals surface area (Å²) in [5, 5.41) is 19.1. The molecule has 0 fully saturated rings. The van der Waals surface area contributed by atoms with E-state index in [0.29, 0.717) is 23.3 Å². The fraction of sp³-hybridized carbons (Fsp3) is 0.438. The molecule has 0 aliphatic rings. The minimum Gasteiger partial charge on any atom is -0.508 e. The van der Waals surface area contributed by atoms with Gasteiger partial charge >= 0.3 is 0 Å².